The summed E-state index contributed by atoms with van der Waals surface area (Å²) in [5.41, 5.74) is 0. The van der Waals surface area contributed by atoms with Crippen molar-refractivity contribution < 1.29 is 4.74 Å². The predicted octanol–water partition coefficient (Wildman–Crippen LogP) is 1.83. The second-order valence-electron chi connectivity index (χ2n) is 5.70. The highest BCUT2D eigenvalue weighted by Gasteiger charge is 2.29. The maximum absolute atomic E-state index is 5.37. The number of terminal acetylenes is 1. The Bertz CT molecular complexity index is 296. The summed E-state index contributed by atoms with van der Waals surface area (Å²) in [7, 11) is 3.88. The van der Waals surface area contributed by atoms with Gasteiger partial charge in [-0.3, -0.25) is 4.90 Å². The lowest BCUT2D eigenvalue weighted by atomic mass is 10.1. The molecule has 2 heterocycles. The largest absolute Gasteiger partial charge is 0.383 e. The molecular formula is C18H35N3O. The van der Waals surface area contributed by atoms with Gasteiger partial charge in [0.25, 0.3) is 0 Å². The van der Waals surface area contributed by atoms with E-state index in [1.54, 1.807) is 0 Å². The fourth-order valence-corrected chi connectivity index (χ4v) is 2.68. The van der Waals surface area contributed by atoms with Crippen molar-refractivity contribution >= 4 is 0 Å². The van der Waals surface area contributed by atoms with E-state index in [0.29, 0.717) is 12.1 Å². The molecule has 0 saturated carbocycles. The summed E-state index contributed by atoms with van der Waals surface area (Å²) in [6, 6.07) is 1.26. The van der Waals surface area contributed by atoms with Gasteiger partial charge in [0.2, 0.25) is 0 Å². The van der Waals surface area contributed by atoms with E-state index < -0.39 is 0 Å². The Morgan fingerprint density at radius 2 is 1.86 bits per heavy atom. The van der Waals surface area contributed by atoms with E-state index in [0.717, 1.165) is 6.61 Å². The summed E-state index contributed by atoms with van der Waals surface area (Å²) in [4.78, 5) is 5.12. The van der Waals surface area contributed by atoms with Crippen LogP contribution in [-0.4, -0.2) is 75.4 Å². The molecule has 22 heavy (non-hydrogen) atoms. The van der Waals surface area contributed by atoms with E-state index >= 15 is 0 Å². The van der Waals surface area contributed by atoms with E-state index in [1.807, 2.05) is 33.1 Å². The number of hydrogen-bond acceptors (Lipinski definition) is 4. The lowest BCUT2D eigenvalue weighted by Gasteiger charge is -2.37. The Kier molecular flexibility index (Phi) is 13.2. The number of nitrogens with zero attached hydrogens (tertiary/aromatic N) is 2. The molecule has 1 N–H and O–H groups in total. The smallest absolute Gasteiger partial charge is 0.0630 e. The highest BCUT2D eigenvalue weighted by atomic mass is 16.5. The minimum absolute atomic E-state index is 0.587. The normalized spacial score (nSPS) is 23.1. The van der Waals surface area contributed by atoms with Crippen LogP contribution in [0.1, 0.15) is 26.7 Å². The number of rotatable bonds is 6. The first-order chi connectivity index (χ1) is 10.7. The molecule has 0 spiro atoms. The molecule has 2 rings (SSSR count). The zero-order valence-electron chi connectivity index (χ0n) is 14.9. The molecule has 0 amide bonds. The molecule has 128 valence electrons. The van der Waals surface area contributed by atoms with Crippen LogP contribution in [0.4, 0.5) is 0 Å². The standard InChI is InChI=1S/C12H25N3O.C4H8.C2H2/c1-13-11-4-7-15(8-11)12(10-16-2)9-14-5-3-6-14;1-3-4-2;1-2/h11-13H,3-10H2,1-2H3;3-4H,1-2H3;1-2H/b;4-3-;. The van der Waals surface area contributed by atoms with Gasteiger partial charge in [-0.05, 0) is 46.8 Å². The van der Waals surface area contributed by atoms with Gasteiger partial charge < -0.3 is 15.0 Å². The van der Waals surface area contributed by atoms with Gasteiger partial charge >= 0.3 is 0 Å². The molecule has 4 heteroatoms. The third-order valence-corrected chi connectivity index (χ3v) is 4.25. The molecule has 2 aliphatic heterocycles. The van der Waals surface area contributed by atoms with Crippen LogP contribution in [0, 0.1) is 12.8 Å². The average molecular weight is 309 g/mol. The predicted molar refractivity (Wildman–Crippen MR) is 96.1 cm³/mol. The zero-order valence-corrected chi connectivity index (χ0v) is 14.9. The number of likely N-dealkylation sites (tertiary alicyclic amines) is 2. The highest BCUT2D eigenvalue weighted by Crippen LogP contribution is 2.16. The fourth-order valence-electron chi connectivity index (χ4n) is 2.68. The van der Waals surface area contributed by atoms with Gasteiger partial charge in [-0.25, -0.2) is 0 Å². The maximum atomic E-state index is 5.37. The lowest BCUT2D eigenvalue weighted by Crippen LogP contribution is -2.50. The van der Waals surface area contributed by atoms with Gasteiger partial charge in [-0.15, -0.1) is 12.8 Å². The first kappa shape index (κ1) is 21.1. The number of ether oxygens (including phenoxy) is 1. The molecule has 0 aromatic carbocycles. The summed E-state index contributed by atoms with van der Waals surface area (Å²) < 4.78 is 5.37. The average Bonchev–Trinajstić information content (AvgIpc) is 3.00. The van der Waals surface area contributed by atoms with E-state index in [9.17, 15) is 0 Å². The van der Waals surface area contributed by atoms with Gasteiger partial charge in [-0.2, -0.15) is 0 Å². The van der Waals surface area contributed by atoms with Crippen LogP contribution >= 0.6 is 0 Å². The van der Waals surface area contributed by atoms with E-state index in [4.69, 9.17) is 4.74 Å². The van der Waals surface area contributed by atoms with Crippen LogP contribution in [0.25, 0.3) is 0 Å². The Morgan fingerprint density at radius 3 is 2.23 bits per heavy atom. The van der Waals surface area contributed by atoms with E-state index in [1.165, 1.54) is 45.6 Å². The summed E-state index contributed by atoms with van der Waals surface area (Å²) in [5, 5.41) is 3.38. The first-order valence-electron chi connectivity index (χ1n) is 8.28. The van der Waals surface area contributed by atoms with Gasteiger partial charge in [0.05, 0.1) is 6.61 Å². The van der Waals surface area contributed by atoms with Crippen molar-refractivity contribution in [2.75, 3.05) is 53.5 Å². The van der Waals surface area contributed by atoms with Gasteiger partial charge in [0, 0.05) is 38.8 Å². The molecule has 0 radical (unpaired) electrons. The molecule has 0 aromatic heterocycles. The van der Waals surface area contributed by atoms with Gasteiger partial charge in [0.15, 0.2) is 0 Å². The third kappa shape index (κ3) is 7.95. The SMILES string of the molecule is C#C.C/C=C\C.CNC1CCN(C(COC)CN2CCC2)C1. The monoisotopic (exact) mass is 309 g/mol. The second kappa shape index (κ2) is 13.8. The fraction of sp³-hybridized carbons (Fsp3) is 0.778. The minimum Gasteiger partial charge on any atom is -0.383 e. The number of hydrogen-bond donors (Lipinski definition) is 1. The number of likely N-dealkylation sites (N-methyl/N-ethyl adjacent to an activating group) is 1. The minimum atomic E-state index is 0.587. The summed E-state index contributed by atoms with van der Waals surface area (Å²) in [6.07, 6.45) is 14.6. The van der Waals surface area contributed by atoms with Crippen molar-refractivity contribution in [3.63, 3.8) is 0 Å². The van der Waals surface area contributed by atoms with E-state index in [2.05, 4.69) is 35.0 Å². The zero-order chi connectivity index (χ0) is 16.8. The van der Waals surface area contributed by atoms with Crippen LogP contribution in [0.5, 0.6) is 0 Å². The molecule has 2 aliphatic rings. The molecule has 2 fully saturated rings. The Morgan fingerprint density at radius 1 is 1.23 bits per heavy atom. The van der Waals surface area contributed by atoms with Crippen LogP contribution in [0.3, 0.4) is 0 Å². The molecule has 0 aromatic rings. The van der Waals surface area contributed by atoms with Crippen LogP contribution in [0.2, 0.25) is 0 Å². The maximum Gasteiger partial charge on any atom is 0.0630 e. The number of methoxy groups -OCH3 is 1. The Balaban J connectivity index is 0.000000640. The Hall–Kier alpha value is -0.860. The Labute approximate surface area is 137 Å². The lowest BCUT2D eigenvalue weighted by molar-refractivity contribution is 0.0574. The summed E-state index contributed by atoms with van der Waals surface area (Å²) in [6.45, 7) is 11.0. The first-order valence-corrected chi connectivity index (χ1v) is 8.28. The van der Waals surface area contributed by atoms with Crippen molar-refractivity contribution in [1.82, 2.24) is 15.1 Å². The van der Waals surface area contributed by atoms with Crippen molar-refractivity contribution in [2.24, 2.45) is 0 Å². The van der Waals surface area contributed by atoms with Crippen LogP contribution in [0.15, 0.2) is 12.2 Å². The molecule has 2 saturated heterocycles. The molecule has 4 nitrogen and oxygen atoms in total. The van der Waals surface area contributed by atoms with Crippen molar-refractivity contribution in [3.8, 4) is 12.8 Å². The molecule has 2 atom stereocenters. The highest BCUT2D eigenvalue weighted by molar-refractivity contribution is 4.87. The quantitative estimate of drug-likeness (QED) is 0.598. The van der Waals surface area contributed by atoms with Crippen LogP contribution in [-0.2, 0) is 4.74 Å². The molecule has 0 bridgehead atoms. The van der Waals surface area contributed by atoms with Crippen molar-refractivity contribution in [2.45, 2.75) is 38.8 Å². The number of allylic oxidation sites excluding steroid dienone is 2. The van der Waals surface area contributed by atoms with Gasteiger partial charge in [-0.1, -0.05) is 12.2 Å². The molecule has 0 aliphatic carbocycles. The van der Waals surface area contributed by atoms with Crippen molar-refractivity contribution in [3.05, 3.63) is 12.2 Å². The third-order valence-electron chi connectivity index (χ3n) is 4.25. The summed E-state index contributed by atoms with van der Waals surface area (Å²) >= 11 is 0. The molecule has 2 unspecified atom stereocenters. The van der Waals surface area contributed by atoms with Gasteiger partial charge in [0.1, 0.15) is 0 Å². The summed E-state index contributed by atoms with van der Waals surface area (Å²) in [5.74, 6) is 0. The molecular weight excluding hydrogens is 274 g/mol. The van der Waals surface area contributed by atoms with E-state index in [-0.39, 0.29) is 0 Å². The number of nitrogens with one attached hydrogen (secondary N) is 1. The van der Waals surface area contributed by atoms with Crippen molar-refractivity contribution in [1.29, 1.82) is 0 Å². The second-order valence-corrected chi connectivity index (χ2v) is 5.70. The topological polar surface area (TPSA) is 27.7 Å². The van der Waals surface area contributed by atoms with Crippen LogP contribution < -0.4 is 5.32 Å².